The van der Waals surface area contributed by atoms with E-state index in [9.17, 15) is 5.11 Å². The minimum Gasteiger partial charge on any atom is -0.496 e. The van der Waals surface area contributed by atoms with E-state index in [4.69, 9.17) is 4.74 Å². The third-order valence-electron chi connectivity index (χ3n) is 3.56. The average Bonchev–Trinajstić information content (AvgIpc) is 2.33. The maximum Gasteiger partial charge on any atom is 0.128 e. The van der Waals surface area contributed by atoms with Crippen LogP contribution in [0.15, 0.2) is 6.20 Å². The highest BCUT2D eigenvalue weighted by Crippen LogP contribution is 2.25. The van der Waals surface area contributed by atoms with Gasteiger partial charge in [0.25, 0.3) is 0 Å². The van der Waals surface area contributed by atoms with Gasteiger partial charge in [0, 0.05) is 29.4 Å². The van der Waals surface area contributed by atoms with E-state index < -0.39 is 0 Å². The molecule has 0 radical (unpaired) electrons. The Morgan fingerprint density at radius 1 is 1.39 bits per heavy atom. The third kappa shape index (κ3) is 3.00. The summed E-state index contributed by atoms with van der Waals surface area (Å²) in [5, 5.41) is 9.37. The summed E-state index contributed by atoms with van der Waals surface area (Å²) in [6.45, 7) is 8.83. The summed E-state index contributed by atoms with van der Waals surface area (Å²) in [6, 6.07) is 0. The van der Waals surface area contributed by atoms with E-state index in [2.05, 4.69) is 9.88 Å². The summed E-state index contributed by atoms with van der Waals surface area (Å²) in [7, 11) is 3.67. The molecule has 4 heteroatoms. The molecule has 1 aromatic heterocycles. The van der Waals surface area contributed by atoms with Gasteiger partial charge >= 0.3 is 0 Å². The summed E-state index contributed by atoms with van der Waals surface area (Å²) in [5.41, 5.74) is 2.84. The molecule has 0 bridgehead atoms. The minimum atomic E-state index is -0.258. The van der Waals surface area contributed by atoms with Crippen molar-refractivity contribution in [3.05, 3.63) is 23.0 Å². The maximum atomic E-state index is 9.37. The number of hydrogen-bond acceptors (Lipinski definition) is 4. The molecule has 0 saturated heterocycles. The predicted octanol–water partition coefficient (Wildman–Crippen LogP) is 1.91. The highest BCUT2D eigenvalue weighted by Gasteiger charge is 2.23. The first-order chi connectivity index (χ1) is 8.33. The van der Waals surface area contributed by atoms with Crippen LogP contribution in [0.4, 0.5) is 0 Å². The summed E-state index contributed by atoms with van der Waals surface area (Å²) in [5.74, 6) is 0.898. The second-order valence-corrected chi connectivity index (χ2v) is 5.37. The first-order valence-electron chi connectivity index (χ1n) is 6.14. The monoisotopic (exact) mass is 252 g/mol. The zero-order chi connectivity index (χ0) is 13.9. The van der Waals surface area contributed by atoms with Crippen LogP contribution in [-0.2, 0) is 6.54 Å². The number of methoxy groups -OCH3 is 1. The molecule has 4 nitrogen and oxygen atoms in total. The van der Waals surface area contributed by atoms with Crippen molar-refractivity contribution in [1.82, 2.24) is 9.88 Å². The van der Waals surface area contributed by atoms with Gasteiger partial charge < -0.3 is 9.84 Å². The summed E-state index contributed by atoms with van der Waals surface area (Å²) in [6.07, 6.45) is 1.83. The number of aliphatic hydroxyl groups excluding tert-OH is 1. The van der Waals surface area contributed by atoms with Crippen LogP contribution in [0.3, 0.4) is 0 Å². The van der Waals surface area contributed by atoms with Crippen LogP contribution in [0.25, 0.3) is 0 Å². The lowest BCUT2D eigenvalue weighted by molar-refractivity contribution is 0.0722. The topological polar surface area (TPSA) is 45.6 Å². The van der Waals surface area contributed by atoms with Crippen molar-refractivity contribution in [3.63, 3.8) is 0 Å². The maximum absolute atomic E-state index is 9.37. The Bertz CT molecular complexity index is 417. The van der Waals surface area contributed by atoms with Crippen LogP contribution in [0, 0.1) is 13.8 Å². The molecule has 0 fully saturated rings. The van der Waals surface area contributed by atoms with Gasteiger partial charge in [-0.15, -0.1) is 0 Å². The van der Waals surface area contributed by atoms with Gasteiger partial charge in [-0.3, -0.25) is 9.88 Å². The molecule has 1 rings (SSSR count). The Kier molecular flexibility index (Phi) is 4.71. The quantitative estimate of drug-likeness (QED) is 0.869. The Balaban J connectivity index is 2.99. The zero-order valence-electron chi connectivity index (χ0n) is 12.2. The lowest BCUT2D eigenvalue weighted by Gasteiger charge is -2.34. The fourth-order valence-electron chi connectivity index (χ4n) is 1.79. The number of aliphatic hydroxyl groups is 1. The number of rotatable bonds is 5. The Morgan fingerprint density at radius 3 is 2.50 bits per heavy atom. The molecule has 1 heterocycles. The predicted molar refractivity (Wildman–Crippen MR) is 72.9 cm³/mol. The van der Waals surface area contributed by atoms with Crippen LogP contribution in [-0.4, -0.2) is 41.3 Å². The van der Waals surface area contributed by atoms with Crippen molar-refractivity contribution in [1.29, 1.82) is 0 Å². The number of nitrogens with zero attached hydrogens (tertiary/aromatic N) is 2. The number of hydrogen-bond donors (Lipinski definition) is 1. The van der Waals surface area contributed by atoms with Gasteiger partial charge in [-0.05, 0) is 34.7 Å². The van der Waals surface area contributed by atoms with Crippen molar-refractivity contribution in [2.75, 3.05) is 20.8 Å². The first-order valence-corrected chi connectivity index (χ1v) is 6.14. The van der Waals surface area contributed by atoms with E-state index in [1.165, 1.54) is 0 Å². The van der Waals surface area contributed by atoms with E-state index in [1.54, 1.807) is 7.11 Å². The highest BCUT2D eigenvalue weighted by molar-refractivity contribution is 5.41. The van der Waals surface area contributed by atoms with E-state index in [1.807, 2.05) is 40.9 Å². The molecule has 0 aliphatic rings. The molecule has 0 aliphatic carbocycles. The molecule has 0 atom stereocenters. The molecule has 1 N–H and O–H groups in total. The lowest BCUT2D eigenvalue weighted by Crippen LogP contribution is -2.43. The molecule has 0 aromatic carbocycles. The molecule has 0 saturated carbocycles. The van der Waals surface area contributed by atoms with Gasteiger partial charge in [-0.25, -0.2) is 0 Å². The van der Waals surface area contributed by atoms with Crippen LogP contribution < -0.4 is 4.74 Å². The van der Waals surface area contributed by atoms with Gasteiger partial charge in [0.2, 0.25) is 0 Å². The van der Waals surface area contributed by atoms with Gasteiger partial charge in [-0.1, -0.05) is 0 Å². The molecule has 0 amide bonds. The highest BCUT2D eigenvalue weighted by atomic mass is 16.5. The number of likely N-dealkylation sites (N-methyl/N-ethyl adjacent to an activating group) is 1. The van der Waals surface area contributed by atoms with Crippen LogP contribution in [0.2, 0.25) is 0 Å². The van der Waals surface area contributed by atoms with Crippen molar-refractivity contribution >= 4 is 0 Å². The van der Waals surface area contributed by atoms with Crippen molar-refractivity contribution in [3.8, 4) is 5.75 Å². The van der Waals surface area contributed by atoms with Crippen molar-refractivity contribution in [2.24, 2.45) is 0 Å². The fourth-order valence-corrected chi connectivity index (χ4v) is 1.79. The van der Waals surface area contributed by atoms with Gasteiger partial charge in [0.05, 0.1) is 19.4 Å². The molecule has 0 spiro atoms. The largest absolute Gasteiger partial charge is 0.496 e. The Labute approximate surface area is 110 Å². The molecule has 1 aromatic rings. The van der Waals surface area contributed by atoms with Crippen molar-refractivity contribution < 1.29 is 9.84 Å². The van der Waals surface area contributed by atoms with Gasteiger partial charge in [0.1, 0.15) is 5.75 Å². The fraction of sp³-hybridized carbons (Fsp3) is 0.643. The van der Waals surface area contributed by atoms with Crippen molar-refractivity contribution in [2.45, 2.75) is 39.8 Å². The molecule has 18 heavy (non-hydrogen) atoms. The summed E-state index contributed by atoms with van der Waals surface area (Å²) < 4.78 is 5.40. The van der Waals surface area contributed by atoms with Gasteiger partial charge in [-0.2, -0.15) is 0 Å². The van der Waals surface area contributed by atoms with E-state index >= 15 is 0 Å². The molecule has 102 valence electrons. The number of aromatic nitrogens is 1. The van der Waals surface area contributed by atoms with Crippen LogP contribution in [0.1, 0.15) is 30.7 Å². The van der Waals surface area contributed by atoms with Gasteiger partial charge in [0.15, 0.2) is 0 Å². The number of pyridine rings is 1. The summed E-state index contributed by atoms with van der Waals surface area (Å²) in [4.78, 5) is 6.57. The second kappa shape index (κ2) is 5.67. The Morgan fingerprint density at radius 2 is 2.00 bits per heavy atom. The number of ether oxygens (including phenoxy) is 1. The minimum absolute atomic E-state index is 0.117. The van der Waals surface area contributed by atoms with Crippen LogP contribution >= 0.6 is 0 Å². The first kappa shape index (κ1) is 14.9. The molecular formula is C14H24N2O2. The molecule has 0 unspecified atom stereocenters. The number of aryl methyl sites for hydroxylation is 1. The van der Waals surface area contributed by atoms with Crippen LogP contribution in [0.5, 0.6) is 5.75 Å². The zero-order valence-corrected chi connectivity index (χ0v) is 12.2. The second-order valence-electron chi connectivity index (χ2n) is 5.37. The molecular weight excluding hydrogens is 228 g/mol. The van der Waals surface area contributed by atoms with E-state index in [0.717, 1.165) is 22.6 Å². The van der Waals surface area contributed by atoms with E-state index in [0.29, 0.717) is 6.54 Å². The lowest BCUT2D eigenvalue weighted by atomic mass is 10.0. The van der Waals surface area contributed by atoms with E-state index in [-0.39, 0.29) is 12.1 Å². The smallest absolute Gasteiger partial charge is 0.128 e. The molecule has 0 aliphatic heterocycles. The summed E-state index contributed by atoms with van der Waals surface area (Å²) >= 11 is 0. The standard InChI is InChI=1S/C14H24N2O2/c1-10-7-15-12(11(2)13(10)18-6)8-16(5)14(3,4)9-17/h7,17H,8-9H2,1-6H3. The Hall–Kier alpha value is -1.13. The SMILES string of the molecule is COc1c(C)cnc(CN(C)C(C)(C)CO)c1C. The average molecular weight is 252 g/mol. The third-order valence-corrected chi connectivity index (χ3v) is 3.56. The normalized spacial score (nSPS) is 12.0.